The van der Waals surface area contributed by atoms with Crippen LogP contribution in [0.3, 0.4) is 0 Å². The zero-order chi connectivity index (χ0) is 12.3. The van der Waals surface area contributed by atoms with Gasteiger partial charge >= 0.3 is 0 Å². The lowest BCUT2D eigenvalue weighted by atomic mass is 10.2. The first-order chi connectivity index (χ1) is 8.36. The molecule has 1 aromatic heterocycles. The molecule has 5 heteroatoms. The van der Waals surface area contributed by atoms with E-state index in [-0.39, 0.29) is 0 Å². The molecule has 0 amide bonds. The molecule has 0 atom stereocenters. The molecule has 96 valence electrons. The molecule has 0 aliphatic heterocycles. The van der Waals surface area contributed by atoms with Crippen molar-refractivity contribution in [3.63, 3.8) is 0 Å². The van der Waals surface area contributed by atoms with Gasteiger partial charge in [-0.2, -0.15) is 11.8 Å². The lowest BCUT2D eigenvalue weighted by Crippen LogP contribution is -2.04. The molecule has 4 nitrogen and oxygen atoms in total. The van der Waals surface area contributed by atoms with E-state index in [4.69, 9.17) is 4.74 Å². The topological polar surface area (TPSA) is 47.0 Å². The third-order valence-corrected chi connectivity index (χ3v) is 2.96. The van der Waals surface area contributed by atoms with Gasteiger partial charge in [-0.15, -0.1) is 0 Å². The average Bonchev–Trinajstić information content (AvgIpc) is 2.35. The highest BCUT2D eigenvalue weighted by Gasteiger charge is 1.98. The predicted molar refractivity (Wildman–Crippen MR) is 73.9 cm³/mol. The fourth-order valence-electron chi connectivity index (χ4n) is 1.43. The van der Waals surface area contributed by atoms with Crippen molar-refractivity contribution in [1.82, 2.24) is 9.97 Å². The standard InChI is InChI=1S/C12H21N3OS/c1-3-16-12-9-11(14-10-15-12)13-7-5-4-6-8-17-2/h9-10H,3-8H2,1-2H3,(H,13,14,15). The third-order valence-electron chi connectivity index (χ3n) is 2.27. The van der Waals surface area contributed by atoms with E-state index in [1.807, 2.05) is 24.8 Å². The van der Waals surface area contributed by atoms with Gasteiger partial charge in [0, 0.05) is 12.6 Å². The highest BCUT2D eigenvalue weighted by atomic mass is 32.2. The van der Waals surface area contributed by atoms with Crippen molar-refractivity contribution >= 4 is 17.6 Å². The van der Waals surface area contributed by atoms with Gasteiger partial charge < -0.3 is 10.1 Å². The maximum absolute atomic E-state index is 5.31. The number of thioether (sulfide) groups is 1. The van der Waals surface area contributed by atoms with Gasteiger partial charge in [-0.25, -0.2) is 9.97 Å². The van der Waals surface area contributed by atoms with Crippen LogP contribution in [0, 0.1) is 0 Å². The summed E-state index contributed by atoms with van der Waals surface area (Å²) in [6.45, 7) is 3.53. The summed E-state index contributed by atoms with van der Waals surface area (Å²) in [5.41, 5.74) is 0. The van der Waals surface area contributed by atoms with Gasteiger partial charge in [0.2, 0.25) is 5.88 Å². The Kier molecular flexibility index (Phi) is 7.54. The maximum Gasteiger partial charge on any atom is 0.218 e. The quantitative estimate of drug-likeness (QED) is 0.688. The minimum atomic E-state index is 0.630. The van der Waals surface area contributed by atoms with Crippen molar-refractivity contribution in [3.05, 3.63) is 12.4 Å². The van der Waals surface area contributed by atoms with Crippen molar-refractivity contribution in [2.24, 2.45) is 0 Å². The van der Waals surface area contributed by atoms with Gasteiger partial charge in [0.15, 0.2) is 0 Å². The predicted octanol–water partition coefficient (Wildman–Crippen LogP) is 2.82. The van der Waals surface area contributed by atoms with Gasteiger partial charge in [0.1, 0.15) is 12.1 Å². The van der Waals surface area contributed by atoms with Gasteiger partial charge in [-0.3, -0.25) is 0 Å². The van der Waals surface area contributed by atoms with Crippen LogP contribution in [-0.4, -0.2) is 35.1 Å². The van der Waals surface area contributed by atoms with Gasteiger partial charge in [0.05, 0.1) is 6.61 Å². The Morgan fingerprint density at radius 3 is 2.94 bits per heavy atom. The lowest BCUT2D eigenvalue weighted by molar-refractivity contribution is 0.326. The zero-order valence-corrected chi connectivity index (χ0v) is 11.4. The zero-order valence-electron chi connectivity index (χ0n) is 10.6. The van der Waals surface area contributed by atoms with Crippen LogP contribution < -0.4 is 10.1 Å². The number of hydrogen-bond donors (Lipinski definition) is 1. The smallest absolute Gasteiger partial charge is 0.218 e. The van der Waals surface area contributed by atoms with E-state index < -0.39 is 0 Å². The van der Waals surface area contributed by atoms with E-state index in [0.717, 1.165) is 12.4 Å². The molecule has 0 saturated heterocycles. The van der Waals surface area contributed by atoms with E-state index in [1.54, 1.807) is 0 Å². The van der Waals surface area contributed by atoms with E-state index in [2.05, 4.69) is 21.5 Å². The minimum Gasteiger partial charge on any atom is -0.478 e. The molecule has 1 N–H and O–H groups in total. The van der Waals surface area contributed by atoms with Crippen LogP contribution in [0.4, 0.5) is 5.82 Å². The number of rotatable bonds is 9. The number of anilines is 1. The molecule has 0 aromatic carbocycles. The van der Waals surface area contributed by atoms with E-state index in [9.17, 15) is 0 Å². The molecule has 0 radical (unpaired) electrons. The lowest BCUT2D eigenvalue weighted by Gasteiger charge is -2.06. The summed E-state index contributed by atoms with van der Waals surface area (Å²) < 4.78 is 5.31. The molecule has 1 aromatic rings. The molecule has 0 saturated carbocycles. The SMILES string of the molecule is CCOc1cc(NCCCCCSC)ncn1. The summed E-state index contributed by atoms with van der Waals surface area (Å²) in [5.74, 6) is 2.72. The number of hydrogen-bond acceptors (Lipinski definition) is 5. The molecule has 0 aliphatic carbocycles. The van der Waals surface area contributed by atoms with E-state index in [0.29, 0.717) is 12.5 Å². The van der Waals surface area contributed by atoms with Crippen molar-refractivity contribution in [2.45, 2.75) is 26.2 Å². The van der Waals surface area contributed by atoms with Crippen molar-refractivity contribution < 1.29 is 4.74 Å². The van der Waals surface area contributed by atoms with Crippen LogP contribution in [0.25, 0.3) is 0 Å². The fraction of sp³-hybridized carbons (Fsp3) is 0.667. The normalized spacial score (nSPS) is 10.2. The molecule has 1 rings (SSSR count). The molecule has 0 fully saturated rings. The van der Waals surface area contributed by atoms with Crippen molar-refractivity contribution in [1.29, 1.82) is 0 Å². The van der Waals surface area contributed by atoms with Gasteiger partial charge in [-0.1, -0.05) is 6.42 Å². The van der Waals surface area contributed by atoms with Crippen LogP contribution in [0.15, 0.2) is 12.4 Å². The van der Waals surface area contributed by atoms with Gasteiger partial charge in [-0.05, 0) is 31.8 Å². The van der Waals surface area contributed by atoms with Gasteiger partial charge in [0.25, 0.3) is 0 Å². The molecular weight excluding hydrogens is 234 g/mol. The molecule has 0 spiro atoms. The van der Waals surface area contributed by atoms with Crippen LogP contribution >= 0.6 is 11.8 Å². The molecule has 17 heavy (non-hydrogen) atoms. The summed E-state index contributed by atoms with van der Waals surface area (Å²) in [4.78, 5) is 8.17. The monoisotopic (exact) mass is 255 g/mol. The first-order valence-corrected chi connectivity index (χ1v) is 7.44. The summed E-state index contributed by atoms with van der Waals surface area (Å²) in [6.07, 6.45) is 7.40. The third kappa shape index (κ3) is 6.36. The average molecular weight is 255 g/mol. The number of ether oxygens (including phenoxy) is 1. The first kappa shape index (κ1) is 14.1. The van der Waals surface area contributed by atoms with Crippen molar-refractivity contribution in [3.8, 4) is 5.88 Å². The van der Waals surface area contributed by atoms with Crippen LogP contribution in [-0.2, 0) is 0 Å². The van der Waals surface area contributed by atoms with Crippen LogP contribution in [0.1, 0.15) is 26.2 Å². The Morgan fingerprint density at radius 2 is 2.18 bits per heavy atom. The fourth-order valence-corrected chi connectivity index (χ4v) is 1.92. The van der Waals surface area contributed by atoms with E-state index >= 15 is 0 Å². The summed E-state index contributed by atoms with van der Waals surface area (Å²) in [6, 6.07) is 1.84. The maximum atomic E-state index is 5.31. The second-order valence-electron chi connectivity index (χ2n) is 3.65. The molecule has 0 aliphatic rings. The second-order valence-corrected chi connectivity index (χ2v) is 4.64. The molecule has 1 heterocycles. The number of nitrogens with one attached hydrogen (secondary N) is 1. The van der Waals surface area contributed by atoms with Crippen LogP contribution in [0.2, 0.25) is 0 Å². The van der Waals surface area contributed by atoms with Crippen LogP contribution in [0.5, 0.6) is 5.88 Å². The minimum absolute atomic E-state index is 0.630. The Morgan fingerprint density at radius 1 is 1.29 bits per heavy atom. The molecule has 0 unspecified atom stereocenters. The first-order valence-electron chi connectivity index (χ1n) is 6.04. The second kappa shape index (κ2) is 9.10. The number of unbranched alkanes of at least 4 members (excludes halogenated alkanes) is 2. The number of aromatic nitrogens is 2. The Hall–Kier alpha value is -0.970. The largest absolute Gasteiger partial charge is 0.478 e. The summed E-state index contributed by atoms with van der Waals surface area (Å²) in [7, 11) is 0. The molecule has 0 bridgehead atoms. The Balaban J connectivity index is 2.19. The van der Waals surface area contributed by atoms with Crippen molar-refractivity contribution in [2.75, 3.05) is 30.5 Å². The molecular formula is C12H21N3OS. The highest BCUT2D eigenvalue weighted by molar-refractivity contribution is 7.98. The summed E-state index contributed by atoms with van der Waals surface area (Å²) in [5, 5.41) is 3.28. The highest BCUT2D eigenvalue weighted by Crippen LogP contribution is 2.11. The Bertz CT molecular complexity index is 310. The van der Waals surface area contributed by atoms with E-state index in [1.165, 1.54) is 31.3 Å². The number of nitrogens with zero attached hydrogens (tertiary/aromatic N) is 2. The Labute approximate surface area is 108 Å². The summed E-state index contributed by atoms with van der Waals surface area (Å²) >= 11 is 1.91.